The minimum absolute atomic E-state index is 0.321. The van der Waals surface area contributed by atoms with Crippen LogP contribution in [0.2, 0.25) is 0 Å². The van der Waals surface area contributed by atoms with Crippen LogP contribution in [0.3, 0.4) is 0 Å². The summed E-state index contributed by atoms with van der Waals surface area (Å²) in [5.41, 5.74) is 0. The van der Waals surface area contributed by atoms with Gasteiger partial charge in [0, 0.05) is 25.0 Å². The second kappa shape index (κ2) is 8.77. The maximum absolute atomic E-state index is 12.8. The van der Waals surface area contributed by atoms with Gasteiger partial charge >= 0.3 is 0 Å². The lowest BCUT2D eigenvalue weighted by atomic mass is 9.89. The van der Waals surface area contributed by atoms with Crippen LogP contribution in [-0.4, -0.2) is 36.5 Å². The van der Waals surface area contributed by atoms with E-state index in [1.807, 2.05) is 0 Å². The van der Waals surface area contributed by atoms with Gasteiger partial charge in [0.2, 0.25) is 5.91 Å². The van der Waals surface area contributed by atoms with Crippen LogP contribution in [-0.2, 0) is 4.79 Å². The van der Waals surface area contributed by atoms with Crippen LogP contribution in [0.4, 0.5) is 0 Å². The second-order valence-corrected chi connectivity index (χ2v) is 7.40. The van der Waals surface area contributed by atoms with Crippen LogP contribution >= 0.6 is 0 Å². The summed E-state index contributed by atoms with van der Waals surface area (Å²) in [5.74, 6) is 1.44. The Balaban J connectivity index is 1.82. The number of rotatable bonds is 4. The lowest BCUT2D eigenvalue weighted by molar-refractivity contribution is -0.138. The number of amides is 1. The SMILES string of the molecule is CC(C)NCC1CCCN(C(=O)C2CCCCCCC2)C1. The third-order valence-electron chi connectivity index (χ3n) is 5.10. The molecule has 2 rings (SSSR count). The van der Waals surface area contributed by atoms with Gasteiger partial charge in [-0.15, -0.1) is 0 Å². The fourth-order valence-corrected chi connectivity index (χ4v) is 3.80. The summed E-state index contributed by atoms with van der Waals surface area (Å²) in [6.07, 6.45) is 11.2. The molecule has 3 heteroatoms. The van der Waals surface area contributed by atoms with Gasteiger partial charge in [-0.05, 0) is 38.1 Å². The van der Waals surface area contributed by atoms with Crippen LogP contribution in [0.25, 0.3) is 0 Å². The van der Waals surface area contributed by atoms with Gasteiger partial charge in [0.15, 0.2) is 0 Å². The number of nitrogens with zero attached hydrogens (tertiary/aromatic N) is 1. The highest BCUT2D eigenvalue weighted by atomic mass is 16.2. The number of likely N-dealkylation sites (tertiary alicyclic amines) is 1. The van der Waals surface area contributed by atoms with E-state index in [4.69, 9.17) is 0 Å². The monoisotopic (exact) mass is 294 g/mol. The lowest BCUT2D eigenvalue weighted by Crippen LogP contribution is -2.46. The van der Waals surface area contributed by atoms with E-state index in [2.05, 4.69) is 24.1 Å². The Kier molecular flexibility index (Phi) is 7.01. The van der Waals surface area contributed by atoms with Gasteiger partial charge in [0.1, 0.15) is 0 Å². The maximum Gasteiger partial charge on any atom is 0.225 e. The largest absolute Gasteiger partial charge is 0.342 e. The molecule has 1 saturated carbocycles. The molecule has 0 radical (unpaired) electrons. The van der Waals surface area contributed by atoms with Gasteiger partial charge in [-0.25, -0.2) is 0 Å². The highest BCUT2D eigenvalue weighted by Crippen LogP contribution is 2.26. The fraction of sp³-hybridized carbons (Fsp3) is 0.944. The molecule has 0 aromatic rings. The molecule has 1 atom stereocenters. The van der Waals surface area contributed by atoms with E-state index in [9.17, 15) is 4.79 Å². The molecule has 0 aromatic heterocycles. The van der Waals surface area contributed by atoms with E-state index < -0.39 is 0 Å². The molecule has 1 saturated heterocycles. The Bertz CT molecular complexity index is 308. The third-order valence-corrected chi connectivity index (χ3v) is 5.10. The Hall–Kier alpha value is -0.570. The van der Waals surface area contributed by atoms with Crippen molar-refractivity contribution in [2.45, 2.75) is 77.7 Å². The summed E-state index contributed by atoms with van der Waals surface area (Å²) < 4.78 is 0. The smallest absolute Gasteiger partial charge is 0.225 e. The van der Waals surface area contributed by atoms with E-state index in [0.717, 1.165) is 32.5 Å². The first-order valence-electron chi connectivity index (χ1n) is 9.19. The molecule has 2 fully saturated rings. The number of nitrogens with one attached hydrogen (secondary N) is 1. The predicted molar refractivity (Wildman–Crippen MR) is 88.3 cm³/mol. The van der Waals surface area contributed by atoms with E-state index in [1.165, 1.54) is 44.9 Å². The molecule has 122 valence electrons. The highest BCUT2D eigenvalue weighted by molar-refractivity contribution is 5.78. The Morgan fingerprint density at radius 2 is 1.71 bits per heavy atom. The molecule has 0 bridgehead atoms. The quantitative estimate of drug-likeness (QED) is 0.859. The topological polar surface area (TPSA) is 32.3 Å². The molecule has 3 nitrogen and oxygen atoms in total. The first-order chi connectivity index (χ1) is 10.2. The Morgan fingerprint density at radius 3 is 2.38 bits per heavy atom. The molecular formula is C18H34N2O. The van der Waals surface area contributed by atoms with Gasteiger partial charge < -0.3 is 10.2 Å². The molecular weight excluding hydrogens is 260 g/mol. The summed E-state index contributed by atoms with van der Waals surface area (Å²) >= 11 is 0. The second-order valence-electron chi connectivity index (χ2n) is 7.40. The van der Waals surface area contributed by atoms with Crippen molar-refractivity contribution in [3.8, 4) is 0 Å². The minimum atomic E-state index is 0.321. The third kappa shape index (κ3) is 5.61. The van der Waals surface area contributed by atoms with Crippen molar-refractivity contribution in [3.63, 3.8) is 0 Å². The number of carbonyl (C=O) groups excluding carboxylic acids is 1. The summed E-state index contributed by atoms with van der Waals surface area (Å²) in [4.78, 5) is 15.0. The van der Waals surface area contributed by atoms with Crippen LogP contribution in [0.15, 0.2) is 0 Å². The number of hydrogen-bond acceptors (Lipinski definition) is 2. The first kappa shape index (κ1) is 16.8. The number of hydrogen-bond donors (Lipinski definition) is 1. The highest BCUT2D eigenvalue weighted by Gasteiger charge is 2.28. The summed E-state index contributed by atoms with van der Waals surface area (Å²) in [6.45, 7) is 7.43. The summed E-state index contributed by atoms with van der Waals surface area (Å²) in [7, 11) is 0. The van der Waals surface area contributed by atoms with Crippen molar-refractivity contribution in [2.75, 3.05) is 19.6 Å². The predicted octanol–water partition coefficient (Wildman–Crippen LogP) is 3.58. The van der Waals surface area contributed by atoms with E-state index >= 15 is 0 Å². The van der Waals surface area contributed by atoms with Crippen molar-refractivity contribution in [1.82, 2.24) is 10.2 Å². The van der Waals surface area contributed by atoms with Gasteiger partial charge in [-0.3, -0.25) is 4.79 Å². The van der Waals surface area contributed by atoms with Gasteiger partial charge in [0.25, 0.3) is 0 Å². The Morgan fingerprint density at radius 1 is 1.05 bits per heavy atom. The maximum atomic E-state index is 12.8. The molecule has 1 aliphatic heterocycles. The van der Waals surface area contributed by atoms with Gasteiger partial charge in [-0.1, -0.05) is 46.0 Å². The molecule has 1 heterocycles. The number of carbonyl (C=O) groups is 1. The van der Waals surface area contributed by atoms with Crippen LogP contribution < -0.4 is 5.32 Å². The zero-order valence-electron chi connectivity index (χ0n) is 14.1. The van der Waals surface area contributed by atoms with Crippen LogP contribution in [0.1, 0.15) is 71.6 Å². The summed E-state index contributed by atoms with van der Waals surface area (Å²) in [6, 6.07) is 0.543. The molecule has 1 amide bonds. The zero-order valence-corrected chi connectivity index (χ0v) is 14.1. The fourth-order valence-electron chi connectivity index (χ4n) is 3.80. The standard InChI is InChI=1S/C18H34N2O/c1-15(2)19-13-16-9-8-12-20(14-16)18(21)17-10-6-4-3-5-7-11-17/h15-17,19H,3-14H2,1-2H3. The van der Waals surface area contributed by atoms with Crippen molar-refractivity contribution in [1.29, 1.82) is 0 Å². The molecule has 1 unspecified atom stereocenters. The molecule has 1 N–H and O–H groups in total. The molecule has 0 aromatic carbocycles. The molecule has 21 heavy (non-hydrogen) atoms. The normalized spacial score (nSPS) is 25.7. The lowest BCUT2D eigenvalue weighted by Gasteiger charge is -2.36. The average Bonchev–Trinajstić information content (AvgIpc) is 2.44. The van der Waals surface area contributed by atoms with Crippen LogP contribution in [0, 0.1) is 11.8 Å². The van der Waals surface area contributed by atoms with E-state index in [0.29, 0.717) is 23.8 Å². The zero-order chi connectivity index (χ0) is 15.1. The van der Waals surface area contributed by atoms with Crippen molar-refractivity contribution in [3.05, 3.63) is 0 Å². The molecule has 1 aliphatic carbocycles. The van der Waals surface area contributed by atoms with Crippen molar-refractivity contribution < 1.29 is 4.79 Å². The average molecular weight is 294 g/mol. The minimum Gasteiger partial charge on any atom is -0.342 e. The number of piperidine rings is 1. The Labute approximate surface area is 130 Å². The van der Waals surface area contributed by atoms with E-state index in [-0.39, 0.29) is 0 Å². The summed E-state index contributed by atoms with van der Waals surface area (Å²) in [5, 5.41) is 3.53. The molecule has 0 spiro atoms. The van der Waals surface area contributed by atoms with Gasteiger partial charge in [-0.2, -0.15) is 0 Å². The van der Waals surface area contributed by atoms with Crippen LogP contribution in [0.5, 0.6) is 0 Å². The van der Waals surface area contributed by atoms with Crippen molar-refractivity contribution >= 4 is 5.91 Å². The van der Waals surface area contributed by atoms with E-state index in [1.54, 1.807) is 0 Å². The first-order valence-corrected chi connectivity index (χ1v) is 9.19. The van der Waals surface area contributed by atoms with Crippen molar-refractivity contribution in [2.24, 2.45) is 11.8 Å². The molecule has 2 aliphatic rings. The van der Waals surface area contributed by atoms with Gasteiger partial charge in [0.05, 0.1) is 0 Å².